The van der Waals surface area contributed by atoms with Crippen LogP contribution in [0.25, 0.3) is 10.8 Å². The van der Waals surface area contributed by atoms with Crippen LogP contribution in [-0.2, 0) is 0 Å². The maximum Gasteiger partial charge on any atom is 0.211 e. The molecule has 0 amide bonds. The lowest BCUT2D eigenvalue weighted by atomic mass is 10.00. The molecular weight excluding hydrogens is 355 g/mol. The minimum atomic E-state index is -0.397. The van der Waals surface area contributed by atoms with Gasteiger partial charge in [0.15, 0.2) is 25.2 Å². The lowest BCUT2D eigenvalue weighted by Gasteiger charge is -2.53. The van der Waals surface area contributed by atoms with Crippen LogP contribution in [0.4, 0.5) is 4.48 Å². The molecule has 2 bridgehead atoms. The molecule has 0 saturated carbocycles. The number of benzene rings is 2. The van der Waals surface area contributed by atoms with Gasteiger partial charge in [0.05, 0.1) is 7.11 Å². The second-order valence-corrected chi connectivity index (χ2v) is 7.94. The first-order chi connectivity index (χ1) is 12.5. The number of nitrogens with zero attached hydrogens (tertiary/aromatic N) is 2. The number of hydrogen-bond donors (Lipinski definition) is 0. The monoisotopic (exact) mass is 380 g/mol. The Labute approximate surface area is 158 Å². The third kappa shape index (κ3) is 2.92. The third-order valence-corrected chi connectivity index (χ3v) is 6.73. The number of hydrogen-bond acceptors (Lipinski definition) is 2. The van der Waals surface area contributed by atoms with E-state index < -0.39 is 4.71 Å². The molecule has 6 heteroatoms. The molecule has 140 valence electrons. The highest BCUT2D eigenvalue weighted by atomic mass is 35.5. The lowest BCUT2D eigenvalue weighted by Crippen LogP contribution is -2.78. The molecule has 3 fully saturated rings. The van der Waals surface area contributed by atoms with Crippen molar-refractivity contribution >= 4 is 22.4 Å². The maximum absolute atomic E-state index is 15.5. The quantitative estimate of drug-likeness (QED) is 0.340. The molecule has 26 heavy (non-hydrogen) atoms. The van der Waals surface area contributed by atoms with Crippen molar-refractivity contribution in [3.05, 3.63) is 36.4 Å². The summed E-state index contributed by atoms with van der Waals surface area (Å²) >= 11 is 6.24. The van der Waals surface area contributed by atoms with Crippen LogP contribution in [0.2, 0.25) is 0 Å². The summed E-state index contributed by atoms with van der Waals surface area (Å²) in [6.07, 6.45) is -0.238. The molecule has 3 heterocycles. The Hall–Kier alpha value is -1.56. The summed E-state index contributed by atoms with van der Waals surface area (Å²) in [5, 5.41) is 2.07. The molecule has 0 aromatic heterocycles. The van der Waals surface area contributed by atoms with Gasteiger partial charge in [-0.3, -0.25) is 4.48 Å². The van der Waals surface area contributed by atoms with Crippen molar-refractivity contribution in [3.63, 3.8) is 0 Å². The lowest BCUT2D eigenvalue weighted by molar-refractivity contribution is -1.16. The van der Waals surface area contributed by atoms with Gasteiger partial charge >= 0.3 is 0 Å². The average molecular weight is 381 g/mol. The summed E-state index contributed by atoms with van der Waals surface area (Å²) in [7, 11) is 1.65. The smallest absolute Gasteiger partial charge is 0.211 e. The molecule has 3 saturated heterocycles. The van der Waals surface area contributed by atoms with Gasteiger partial charge in [-0.05, 0) is 35.0 Å². The van der Waals surface area contributed by atoms with Crippen LogP contribution in [0.1, 0.15) is 6.92 Å². The van der Waals surface area contributed by atoms with E-state index in [1.807, 2.05) is 43.3 Å². The number of quaternary nitrogens is 2. The molecule has 0 N–H and O–H groups in total. The molecule has 0 radical (unpaired) electrons. The number of piperazine rings is 3. The van der Waals surface area contributed by atoms with Gasteiger partial charge in [-0.25, -0.2) is 0 Å². The van der Waals surface area contributed by atoms with E-state index in [4.69, 9.17) is 21.1 Å². The normalized spacial score (nSPS) is 31.8. The van der Waals surface area contributed by atoms with Crippen LogP contribution in [0, 0.1) is 0 Å². The molecule has 2 atom stereocenters. The fourth-order valence-electron chi connectivity index (χ4n) is 4.46. The molecule has 3 aliphatic heterocycles. The van der Waals surface area contributed by atoms with E-state index in [-0.39, 0.29) is 12.1 Å². The van der Waals surface area contributed by atoms with E-state index in [9.17, 15) is 0 Å². The van der Waals surface area contributed by atoms with Crippen LogP contribution in [0.15, 0.2) is 36.4 Å². The van der Waals surface area contributed by atoms with E-state index in [0.29, 0.717) is 19.1 Å². The molecule has 0 aliphatic carbocycles. The number of rotatable bonds is 5. The Morgan fingerprint density at radius 3 is 2.65 bits per heavy atom. The number of ether oxygens (including phenoxy) is 2. The minimum absolute atomic E-state index is 0.197. The first-order valence-electron chi connectivity index (χ1n) is 9.20. The minimum Gasteiger partial charge on any atom is -0.497 e. The Kier molecular flexibility index (Phi) is 4.49. The molecular formula is C20H26ClFN2O2+2. The molecule has 1 unspecified atom stereocenters. The predicted molar refractivity (Wildman–Crippen MR) is 101 cm³/mol. The van der Waals surface area contributed by atoms with Crippen molar-refractivity contribution in [1.82, 2.24) is 0 Å². The highest BCUT2D eigenvalue weighted by molar-refractivity contribution is 6.17. The van der Waals surface area contributed by atoms with Crippen molar-refractivity contribution in [2.45, 2.75) is 19.1 Å². The maximum atomic E-state index is 15.5. The largest absolute Gasteiger partial charge is 0.497 e. The number of methoxy groups -OCH3 is 1. The Balaban J connectivity index is 1.62. The van der Waals surface area contributed by atoms with Gasteiger partial charge in [0.1, 0.15) is 31.1 Å². The number of halogens is 2. The third-order valence-electron chi connectivity index (χ3n) is 6.22. The van der Waals surface area contributed by atoms with Crippen LogP contribution in [0.3, 0.4) is 0 Å². The van der Waals surface area contributed by atoms with Gasteiger partial charge in [0.2, 0.25) is 6.04 Å². The SMILES string of the molecule is COc1ccc2cccc(O[C@H](C)C3C[N+]4(CCl)CC[N+]3(F)CC4)c2c1. The van der Waals surface area contributed by atoms with Crippen molar-refractivity contribution < 1.29 is 23.1 Å². The highest BCUT2D eigenvalue weighted by Gasteiger charge is 2.59. The average Bonchev–Trinajstić information content (AvgIpc) is 2.68. The summed E-state index contributed by atoms with van der Waals surface area (Å²) < 4.78 is 27.5. The fraction of sp³-hybridized carbons (Fsp3) is 0.500. The fourth-order valence-corrected chi connectivity index (χ4v) is 4.80. The number of alkyl halides is 1. The van der Waals surface area contributed by atoms with Gasteiger partial charge in [-0.2, -0.15) is 0 Å². The van der Waals surface area contributed by atoms with Crippen LogP contribution >= 0.6 is 11.6 Å². The topological polar surface area (TPSA) is 18.5 Å². The summed E-state index contributed by atoms with van der Waals surface area (Å²) in [6, 6.07) is 12.2. The van der Waals surface area contributed by atoms with E-state index in [0.717, 1.165) is 46.4 Å². The summed E-state index contributed by atoms with van der Waals surface area (Å²) in [4.78, 5) is 0. The van der Waals surface area contributed by atoms with Crippen LogP contribution in [0.5, 0.6) is 11.5 Å². The second-order valence-electron chi connectivity index (χ2n) is 7.70. The molecule has 0 spiro atoms. The summed E-state index contributed by atoms with van der Waals surface area (Å²) in [6.45, 7) is 5.39. The highest BCUT2D eigenvalue weighted by Crippen LogP contribution is 2.36. The van der Waals surface area contributed by atoms with Gasteiger partial charge in [0.25, 0.3) is 0 Å². The molecule has 2 aromatic carbocycles. The first-order valence-corrected chi connectivity index (χ1v) is 9.73. The predicted octanol–water partition coefficient (Wildman–Crippen LogP) is 3.73. The standard InChI is InChI=1S/C20H26ClFN2O2/c1-15(19-13-23(14-21)8-10-24(19,22)11-9-23)26-20-5-3-4-16-6-7-17(25-2)12-18(16)20/h3-7,12,15,19H,8-11,13-14H2,1-2H3/q+2/t15-,19?,23?,24?/m1/s1. The van der Waals surface area contributed by atoms with Crippen LogP contribution < -0.4 is 9.47 Å². The van der Waals surface area contributed by atoms with Crippen molar-refractivity contribution in [2.75, 3.05) is 45.8 Å². The molecule has 4 nitrogen and oxygen atoms in total. The second kappa shape index (κ2) is 6.55. The first kappa shape index (κ1) is 17.8. The summed E-state index contributed by atoms with van der Waals surface area (Å²) in [5.74, 6) is 1.56. The van der Waals surface area contributed by atoms with E-state index in [1.54, 1.807) is 7.11 Å². The van der Waals surface area contributed by atoms with E-state index in [2.05, 4.69) is 0 Å². The van der Waals surface area contributed by atoms with Gasteiger partial charge in [-0.1, -0.05) is 29.8 Å². The Morgan fingerprint density at radius 2 is 1.96 bits per heavy atom. The van der Waals surface area contributed by atoms with Crippen molar-refractivity contribution in [1.29, 1.82) is 0 Å². The molecule has 2 aromatic rings. The van der Waals surface area contributed by atoms with Crippen molar-refractivity contribution in [3.8, 4) is 11.5 Å². The summed E-state index contributed by atoms with van der Waals surface area (Å²) in [5.41, 5.74) is 0. The van der Waals surface area contributed by atoms with Gasteiger partial charge in [-0.15, -0.1) is 4.71 Å². The van der Waals surface area contributed by atoms with Gasteiger partial charge in [0, 0.05) is 5.39 Å². The Bertz CT molecular complexity index is 807. The number of fused-ring (bicyclic) bond motifs is 4. The van der Waals surface area contributed by atoms with E-state index in [1.165, 1.54) is 0 Å². The van der Waals surface area contributed by atoms with Crippen molar-refractivity contribution in [2.24, 2.45) is 0 Å². The van der Waals surface area contributed by atoms with E-state index >= 15 is 4.48 Å². The van der Waals surface area contributed by atoms with Crippen LogP contribution in [-0.4, -0.2) is 67.2 Å². The van der Waals surface area contributed by atoms with Gasteiger partial charge < -0.3 is 9.47 Å². The molecule has 3 aliphatic rings. The molecule has 5 rings (SSSR count). The zero-order chi connectivity index (χ0) is 18.4. The Morgan fingerprint density at radius 1 is 1.19 bits per heavy atom. The zero-order valence-electron chi connectivity index (χ0n) is 15.3. The zero-order valence-corrected chi connectivity index (χ0v) is 16.1.